The molecule has 0 aliphatic carbocycles. The molecule has 0 saturated carbocycles. The SMILES string of the molecule is CCOc1nc(NCc2ccc(F)cc2)nc2ncc(-c3ccc(C#N)cc3)nc12. The molecule has 0 amide bonds. The molecular formula is C22H17FN6O. The molecule has 0 aliphatic heterocycles. The smallest absolute Gasteiger partial charge is 0.247 e. The molecule has 30 heavy (non-hydrogen) atoms. The maximum Gasteiger partial charge on any atom is 0.247 e. The standard InChI is InChI=1S/C22H17FN6O/c1-2-30-21-19-20(25-13-18(27-19)16-7-3-14(11-24)4-8-16)28-22(29-21)26-12-15-5-9-17(23)10-6-15/h3-10,13H,2,12H2,1H3,(H,25,26,28,29). The Bertz CT molecular complexity index is 1220. The molecule has 0 saturated heterocycles. The number of benzene rings is 2. The predicted molar refractivity (Wildman–Crippen MR) is 110 cm³/mol. The summed E-state index contributed by atoms with van der Waals surface area (Å²) in [5.74, 6) is 0.385. The monoisotopic (exact) mass is 400 g/mol. The third kappa shape index (κ3) is 4.15. The molecular weight excluding hydrogens is 383 g/mol. The van der Waals surface area contributed by atoms with Crippen molar-refractivity contribution in [2.24, 2.45) is 0 Å². The van der Waals surface area contributed by atoms with E-state index in [2.05, 4.69) is 31.3 Å². The van der Waals surface area contributed by atoms with E-state index in [0.717, 1.165) is 11.1 Å². The summed E-state index contributed by atoms with van der Waals surface area (Å²) in [5.41, 5.74) is 3.76. The van der Waals surface area contributed by atoms with Crippen molar-refractivity contribution in [1.29, 1.82) is 5.26 Å². The van der Waals surface area contributed by atoms with Gasteiger partial charge < -0.3 is 10.1 Å². The van der Waals surface area contributed by atoms with Gasteiger partial charge in [0.25, 0.3) is 0 Å². The second-order valence-electron chi connectivity index (χ2n) is 6.38. The maximum absolute atomic E-state index is 13.1. The quantitative estimate of drug-likeness (QED) is 0.520. The van der Waals surface area contributed by atoms with E-state index < -0.39 is 0 Å². The minimum absolute atomic E-state index is 0.285. The lowest BCUT2D eigenvalue weighted by atomic mass is 10.1. The summed E-state index contributed by atoms with van der Waals surface area (Å²) in [6.07, 6.45) is 1.62. The van der Waals surface area contributed by atoms with Gasteiger partial charge in [-0.2, -0.15) is 15.2 Å². The van der Waals surface area contributed by atoms with E-state index in [9.17, 15) is 4.39 Å². The molecule has 7 nitrogen and oxygen atoms in total. The molecule has 0 aliphatic rings. The zero-order valence-electron chi connectivity index (χ0n) is 16.1. The molecule has 2 heterocycles. The van der Waals surface area contributed by atoms with Crippen LogP contribution in [-0.2, 0) is 6.54 Å². The van der Waals surface area contributed by atoms with Crippen LogP contribution in [0, 0.1) is 17.1 Å². The molecule has 2 aromatic carbocycles. The summed E-state index contributed by atoms with van der Waals surface area (Å²) >= 11 is 0. The highest BCUT2D eigenvalue weighted by atomic mass is 19.1. The Morgan fingerprint density at radius 2 is 1.80 bits per heavy atom. The van der Waals surface area contributed by atoms with Crippen molar-refractivity contribution in [2.75, 3.05) is 11.9 Å². The Morgan fingerprint density at radius 3 is 2.50 bits per heavy atom. The van der Waals surface area contributed by atoms with Gasteiger partial charge in [-0.3, -0.25) is 0 Å². The van der Waals surface area contributed by atoms with Crippen LogP contribution in [0.25, 0.3) is 22.4 Å². The van der Waals surface area contributed by atoms with Gasteiger partial charge in [-0.15, -0.1) is 0 Å². The molecule has 0 unspecified atom stereocenters. The Kier molecular flexibility index (Phi) is 5.44. The van der Waals surface area contributed by atoms with Crippen molar-refractivity contribution >= 4 is 17.1 Å². The fourth-order valence-corrected chi connectivity index (χ4v) is 2.84. The van der Waals surface area contributed by atoms with Crippen LogP contribution in [0.4, 0.5) is 10.3 Å². The Labute approximate surface area is 172 Å². The highest BCUT2D eigenvalue weighted by molar-refractivity contribution is 5.79. The minimum atomic E-state index is -0.285. The van der Waals surface area contributed by atoms with Gasteiger partial charge in [0.2, 0.25) is 11.8 Å². The van der Waals surface area contributed by atoms with Gasteiger partial charge in [-0.25, -0.2) is 14.4 Å². The topological polar surface area (TPSA) is 96.6 Å². The average Bonchev–Trinajstić information content (AvgIpc) is 2.79. The number of fused-ring (bicyclic) bond motifs is 1. The van der Waals surface area contributed by atoms with Crippen molar-refractivity contribution < 1.29 is 9.13 Å². The molecule has 0 atom stereocenters. The first-order valence-electron chi connectivity index (χ1n) is 9.32. The first-order chi connectivity index (χ1) is 14.7. The highest BCUT2D eigenvalue weighted by Crippen LogP contribution is 2.25. The third-order valence-corrected chi connectivity index (χ3v) is 4.33. The van der Waals surface area contributed by atoms with Crippen LogP contribution in [0.15, 0.2) is 54.7 Å². The molecule has 4 rings (SSSR count). The average molecular weight is 400 g/mol. The van der Waals surface area contributed by atoms with Gasteiger partial charge in [0, 0.05) is 12.1 Å². The highest BCUT2D eigenvalue weighted by Gasteiger charge is 2.13. The number of anilines is 1. The van der Waals surface area contributed by atoms with E-state index in [1.807, 2.05) is 19.1 Å². The van der Waals surface area contributed by atoms with E-state index in [1.165, 1.54) is 12.1 Å². The zero-order chi connectivity index (χ0) is 20.9. The van der Waals surface area contributed by atoms with Crippen molar-refractivity contribution in [3.8, 4) is 23.2 Å². The molecule has 0 bridgehead atoms. The van der Waals surface area contributed by atoms with Crippen molar-refractivity contribution in [1.82, 2.24) is 19.9 Å². The predicted octanol–water partition coefficient (Wildman–Crippen LogP) is 4.11. The number of nitrogens with one attached hydrogen (secondary N) is 1. The summed E-state index contributed by atoms with van der Waals surface area (Å²) in [7, 11) is 0. The lowest BCUT2D eigenvalue weighted by Crippen LogP contribution is -2.07. The number of aromatic nitrogens is 4. The van der Waals surface area contributed by atoms with Crippen LogP contribution >= 0.6 is 0 Å². The van der Waals surface area contributed by atoms with Crippen LogP contribution in [0.3, 0.4) is 0 Å². The van der Waals surface area contributed by atoms with Crippen molar-refractivity contribution in [2.45, 2.75) is 13.5 Å². The second kappa shape index (κ2) is 8.49. The number of hydrogen-bond donors (Lipinski definition) is 1. The molecule has 4 aromatic rings. The number of ether oxygens (including phenoxy) is 1. The third-order valence-electron chi connectivity index (χ3n) is 4.33. The molecule has 0 fully saturated rings. The number of halogens is 1. The van der Waals surface area contributed by atoms with E-state index >= 15 is 0 Å². The van der Waals surface area contributed by atoms with Crippen LogP contribution < -0.4 is 10.1 Å². The molecule has 0 radical (unpaired) electrons. The Hall–Kier alpha value is -4.12. The van der Waals surface area contributed by atoms with Crippen LogP contribution in [0.1, 0.15) is 18.1 Å². The summed E-state index contributed by atoms with van der Waals surface area (Å²) in [6, 6.07) is 15.4. The van der Waals surface area contributed by atoms with E-state index in [1.54, 1.807) is 30.5 Å². The lowest BCUT2D eigenvalue weighted by molar-refractivity contribution is 0.330. The summed E-state index contributed by atoms with van der Waals surface area (Å²) in [4.78, 5) is 17.9. The van der Waals surface area contributed by atoms with Gasteiger partial charge in [0.1, 0.15) is 5.82 Å². The summed E-state index contributed by atoms with van der Waals surface area (Å²) in [5, 5.41) is 12.1. The fourth-order valence-electron chi connectivity index (χ4n) is 2.84. The number of rotatable bonds is 6. The summed E-state index contributed by atoms with van der Waals surface area (Å²) < 4.78 is 18.7. The van der Waals surface area contributed by atoms with Gasteiger partial charge in [-0.05, 0) is 36.8 Å². The second-order valence-corrected chi connectivity index (χ2v) is 6.38. The van der Waals surface area contributed by atoms with Gasteiger partial charge in [0.15, 0.2) is 11.2 Å². The Morgan fingerprint density at radius 1 is 1.03 bits per heavy atom. The molecule has 1 N–H and O–H groups in total. The van der Waals surface area contributed by atoms with E-state index in [4.69, 9.17) is 10.00 Å². The largest absolute Gasteiger partial charge is 0.476 e. The molecule has 8 heteroatoms. The maximum atomic E-state index is 13.1. The van der Waals surface area contributed by atoms with Crippen LogP contribution in [0.5, 0.6) is 5.88 Å². The van der Waals surface area contributed by atoms with E-state index in [-0.39, 0.29) is 5.82 Å². The van der Waals surface area contributed by atoms with Crippen molar-refractivity contribution in [3.05, 3.63) is 71.7 Å². The lowest BCUT2D eigenvalue weighted by Gasteiger charge is -2.10. The number of nitrogens with zero attached hydrogens (tertiary/aromatic N) is 5. The fraction of sp³-hybridized carbons (Fsp3) is 0.136. The molecule has 2 aromatic heterocycles. The first-order valence-corrected chi connectivity index (χ1v) is 9.32. The summed E-state index contributed by atoms with van der Waals surface area (Å²) in [6.45, 7) is 2.69. The van der Waals surface area contributed by atoms with Gasteiger partial charge >= 0.3 is 0 Å². The Balaban J connectivity index is 1.66. The van der Waals surface area contributed by atoms with Gasteiger partial charge in [0.05, 0.1) is 30.1 Å². The van der Waals surface area contributed by atoms with Crippen molar-refractivity contribution in [3.63, 3.8) is 0 Å². The normalized spacial score (nSPS) is 10.6. The van der Waals surface area contributed by atoms with E-state index in [0.29, 0.717) is 47.4 Å². The van der Waals surface area contributed by atoms with Crippen LogP contribution in [0.2, 0.25) is 0 Å². The van der Waals surface area contributed by atoms with Gasteiger partial charge in [-0.1, -0.05) is 24.3 Å². The van der Waals surface area contributed by atoms with Crippen LogP contribution in [-0.4, -0.2) is 26.5 Å². The minimum Gasteiger partial charge on any atom is -0.476 e. The molecule has 148 valence electrons. The molecule has 0 spiro atoms. The number of nitriles is 1. The first kappa shape index (κ1) is 19.2. The zero-order valence-corrected chi connectivity index (χ0v) is 16.1. The number of hydrogen-bond acceptors (Lipinski definition) is 7.